The van der Waals surface area contributed by atoms with Crippen molar-refractivity contribution in [2.45, 2.75) is 26.7 Å². The monoisotopic (exact) mass is 340 g/mol. The number of hydrogen-bond donors (Lipinski definition) is 1. The molecule has 1 fully saturated rings. The first-order valence-corrected chi connectivity index (χ1v) is 8.44. The highest BCUT2D eigenvalue weighted by Gasteiger charge is 2.35. The Kier molecular flexibility index (Phi) is 4.83. The molecule has 1 saturated heterocycles. The molecular weight excluding hydrogens is 319 g/mol. The molecule has 2 aromatic rings. The Morgan fingerprint density at radius 1 is 1.24 bits per heavy atom. The van der Waals surface area contributed by atoms with Crippen LogP contribution in [0.5, 0.6) is 0 Å². The topological polar surface area (TPSA) is 49.4 Å². The summed E-state index contributed by atoms with van der Waals surface area (Å²) in [6.07, 6.45) is 1.12. The Bertz CT molecular complexity index is 802. The Hall–Kier alpha value is -2.69. The van der Waals surface area contributed by atoms with Crippen molar-refractivity contribution < 1.29 is 14.0 Å². The Morgan fingerprint density at radius 2 is 1.96 bits per heavy atom. The van der Waals surface area contributed by atoms with E-state index in [0.29, 0.717) is 17.8 Å². The average Bonchev–Trinajstić information content (AvgIpc) is 2.99. The minimum Gasteiger partial charge on any atom is -0.326 e. The van der Waals surface area contributed by atoms with Gasteiger partial charge in [-0.15, -0.1) is 0 Å². The lowest BCUT2D eigenvalue weighted by Gasteiger charge is -2.17. The van der Waals surface area contributed by atoms with Crippen LogP contribution in [-0.4, -0.2) is 18.4 Å². The van der Waals surface area contributed by atoms with Gasteiger partial charge in [0.15, 0.2) is 0 Å². The van der Waals surface area contributed by atoms with Crippen molar-refractivity contribution in [2.24, 2.45) is 5.92 Å². The molecule has 0 saturated carbocycles. The third-order valence-electron chi connectivity index (χ3n) is 4.60. The normalized spacial score (nSPS) is 17.0. The van der Waals surface area contributed by atoms with Crippen molar-refractivity contribution in [1.29, 1.82) is 0 Å². The van der Waals surface area contributed by atoms with E-state index in [1.165, 1.54) is 17.7 Å². The van der Waals surface area contributed by atoms with Crippen LogP contribution >= 0.6 is 0 Å². The number of benzene rings is 2. The summed E-state index contributed by atoms with van der Waals surface area (Å²) >= 11 is 0. The third-order valence-corrected chi connectivity index (χ3v) is 4.60. The van der Waals surface area contributed by atoms with Crippen molar-refractivity contribution in [2.75, 3.05) is 16.8 Å². The van der Waals surface area contributed by atoms with Gasteiger partial charge in [-0.3, -0.25) is 9.59 Å². The van der Waals surface area contributed by atoms with Crippen molar-refractivity contribution in [3.63, 3.8) is 0 Å². The lowest BCUT2D eigenvalue weighted by molar-refractivity contribution is -0.122. The number of carbonyl (C=O) groups is 2. The van der Waals surface area contributed by atoms with Gasteiger partial charge in [0, 0.05) is 24.3 Å². The van der Waals surface area contributed by atoms with E-state index in [2.05, 4.69) is 12.2 Å². The zero-order valence-corrected chi connectivity index (χ0v) is 14.4. The molecule has 0 radical (unpaired) electrons. The van der Waals surface area contributed by atoms with E-state index in [1.54, 1.807) is 17.9 Å². The molecular formula is C20H21FN2O2. The van der Waals surface area contributed by atoms with Gasteiger partial charge in [-0.25, -0.2) is 4.39 Å². The molecule has 0 bridgehead atoms. The van der Waals surface area contributed by atoms with Gasteiger partial charge in [0.1, 0.15) is 5.82 Å². The van der Waals surface area contributed by atoms with Crippen LogP contribution in [0.15, 0.2) is 42.5 Å². The molecule has 2 amide bonds. The maximum absolute atomic E-state index is 13.2. The molecule has 130 valence electrons. The minimum atomic E-state index is -0.414. The fourth-order valence-corrected chi connectivity index (χ4v) is 3.05. The molecule has 25 heavy (non-hydrogen) atoms. The van der Waals surface area contributed by atoms with E-state index in [4.69, 9.17) is 0 Å². The Labute approximate surface area is 146 Å². The molecule has 1 aliphatic rings. The van der Waals surface area contributed by atoms with Crippen LogP contribution in [0.3, 0.4) is 0 Å². The first-order chi connectivity index (χ1) is 12.0. The van der Waals surface area contributed by atoms with E-state index >= 15 is 0 Å². The summed E-state index contributed by atoms with van der Waals surface area (Å²) in [5, 5.41) is 2.81. The standard InChI is InChI=1S/C20H21FN2O2/c1-3-14-4-7-17(8-5-14)23-12-15(11-19(23)24)20(25)22-18-9-6-16(21)10-13(18)2/h4-10,15H,3,11-12H2,1-2H3,(H,22,25)/t15-/m0/s1. The van der Waals surface area contributed by atoms with Gasteiger partial charge in [-0.1, -0.05) is 19.1 Å². The molecule has 1 heterocycles. The molecule has 5 heteroatoms. The summed E-state index contributed by atoms with van der Waals surface area (Å²) in [6, 6.07) is 12.1. The Balaban J connectivity index is 1.69. The predicted octanol–water partition coefficient (Wildman–Crippen LogP) is 3.69. The maximum Gasteiger partial charge on any atom is 0.229 e. The number of aryl methyl sites for hydroxylation is 2. The lowest BCUT2D eigenvalue weighted by atomic mass is 10.1. The molecule has 0 aliphatic carbocycles. The van der Waals surface area contributed by atoms with Gasteiger partial charge in [0.2, 0.25) is 11.8 Å². The van der Waals surface area contributed by atoms with Crippen LogP contribution in [0.2, 0.25) is 0 Å². The van der Waals surface area contributed by atoms with Crippen LogP contribution in [0.4, 0.5) is 15.8 Å². The smallest absolute Gasteiger partial charge is 0.229 e. The number of halogens is 1. The fourth-order valence-electron chi connectivity index (χ4n) is 3.05. The van der Waals surface area contributed by atoms with Crippen LogP contribution < -0.4 is 10.2 Å². The molecule has 3 rings (SSSR count). The van der Waals surface area contributed by atoms with Crippen molar-refractivity contribution in [3.05, 3.63) is 59.4 Å². The van der Waals surface area contributed by atoms with Crippen LogP contribution in [0.1, 0.15) is 24.5 Å². The molecule has 1 atom stereocenters. The summed E-state index contributed by atoms with van der Waals surface area (Å²) in [4.78, 5) is 26.4. The lowest BCUT2D eigenvalue weighted by Crippen LogP contribution is -2.28. The van der Waals surface area contributed by atoms with E-state index in [0.717, 1.165) is 12.1 Å². The minimum absolute atomic E-state index is 0.0553. The van der Waals surface area contributed by atoms with Crippen LogP contribution in [-0.2, 0) is 16.0 Å². The van der Waals surface area contributed by atoms with E-state index in [9.17, 15) is 14.0 Å². The van der Waals surface area contributed by atoms with E-state index in [1.807, 2.05) is 24.3 Å². The molecule has 2 aromatic carbocycles. The number of hydrogen-bond acceptors (Lipinski definition) is 2. The fraction of sp³-hybridized carbons (Fsp3) is 0.300. The average molecular weight is 340 g/mol. The highest BCUT2D eigenvalue weighted by molar-refractivity contribution is 6.03. The summed E-state index contributed by atoms with van der Waals surface area (Å²) in [5.74, 6) is -1.02. The zero-order valence-electron chi connectivity index (χ0n) is 14.4. The second kappa shape index (κ2) is 7.05. The van der Waals surface area contributed by atoms with Crippen LogP contribution in [0, 0.1) is 18.7 Å². The van der Waals surface area contributed by atoms with Crippen molar-refractivity contribution >= 4 is 23.2 Å². The number of nitrogens with zero attached hydrogens (tertiary/aromatic N) is 1. The molecule has 0 aromatic heterocycles. The number of amides is 2. The molecule has 0 unspecified atom stereocenters. The summed E-state index contributed by atoms with van der Waals surface area (Å²) in [6.45, 7) is 4.17. The predicted molar refractivity (Wildman–Crippen MR) is 96.0 cm³/mol. The first-order valence-electron chi connectivity index (χ1n) is 8.44. The number of anilines is 2. The number of rotatable bonds is 4. The maximum atomic E-state index is 13.2. The van der Waals surface area contributed by atoms with Crippen LogP contribution in [0.25, 0.3) is 0 Å². The quantitative estimate of drug-likeness (QED) is 0.923. The summed E-state index contributed by atoms with van der Waals surface area (Å²) < 4.78 is 13.2. The molecule has 1 aliphatic heterocycles. The number of nitrogens with one attached hydrogen (secondary N) is 1. The zero-order chi connectivity index (χ0) is 18.0. The molecule has 0 spiro atoms. The van der Waals surface area contributed by atoms with Gasteiger partial charge in [-0.05, 0) is 54.8 Å². The van der Waals surface area contributed by atoms with Gasteiger partial charge < -0.3 is 10.2 Å². The highest BCUT2D eigenvalue weighted by atomic mass is 19.1. The van der Waals surface area contributed by atoms with Gasteiger partial charge in [0.25, 0.3) is 0 Å². The first kappa shape index (κ1) is 17.1. The summed E-state index contributed by atoms with van der Waals surface area (Å²) in [7, 11) is 0. The van der Waals surface area contributed by atoms with Gasteiger partial charge in [-0.2, -0.15) is 0 Å². The summed E-state index contributed by atoms with van der Waals surface area (Å²) in [5.41, 5.74) is 3.25. The third kappa shape index (κ3) is 3.71. The van der Waals surface area contributed by atoms with Gasteiger partial charge in [0.05, 0.1) is 5.92 Å². The molecule has 4 nitrogen and oxygen atoms in total. The van der Waals surface area contributed by atoms with Gasteiger partial charge >= 0.3 is 0 Å². The second-order valence-corrected chi connectivity index (χ2v) is 6.37. The number of carbonyl (C=O) groups excluding carboxylic acids is 2. The van der Waals surface area contributed by atoms with Crippen molar-refractivity contribution in [3.8, 4) is 0 Å². The molecule has 1 N–H and O–H groups in total. The Morgan fingerprint density at radius 3 is 2.60 bits per heavy atom. The van der Waals surface area contributed by atoms with E-state index < -0.39 is 5.92 Å². The second-order valence-electron chi connectivity index (χ2n) is 6.37. The largest absolute Gasteiger partial charge is 0.326 e. The van der Waals surface area contributed by atoms with E-state index in [-0.39, 0.29) is 24.1 Å². The highest BCUT2D eigenvalue weighted by Crippen LogP contribution is 2.27. The SMILES string of the molecule is CCc1ccc(N2C[C@@H](C(=O)Nc3ccc(F)cc3C)CC2=O)cc1. The van der Waals surface area contributed by atoms with Crippen molar-refractivity contribution in [1.82, 2.24) is 0 Å².